The fraction of sp³-hybridized carbons (Fsp3) is 0.250. The maximum Gasteiger partial charge on any atom is 0.249 e. The topological polar surface area (TPSA) is 72.9 Å². The average Bonchev–Trinajstić information content (AvgIpc) is 3.08. The number of nitrogens with one attached hydrogen (secondary N) is 1. The van der Waals surface area contributed by atoms with Crippen molar-refractivity contribution in [3.8, 4) is 0 Å². The van der Waals surface area contributed by atoms with Crippen LogP contribution in [0, 0.1) is 6.92 Å². The largest absolute Gasteiger partial charge is 0.366 e. The van der Waals surface area contributed by atoms with E-state index in [-0.39, 0.29) is 0 Å². The van der Waals surface area contributed by atoms with E-state index in [1.165, 1.54) is 16.9 Å². The Morgan fingerprint density at radius 2 is 2.23 bits per heavy atom. The third kappa shape index (κ3) is 2.69. The molecule has 22 heavy (non-hydrogen) atoms. The number of thiophene rings is 1. The molecule has 0 spiro atoms. The molecule has 114 valence electrons. The number of carbonyl (C=O) groups is 1. The van der Waals surface area contributed by atoms with E-state index in [4.69, 9.17) is 5.73 Å². The second kappa shape index (κ2) is 5.81. The van der Waals surface area contributed by atoms with Gasteiger partial charge in [-0.05, 0) is 37.6 Å². The summed E-state index contributed by atoms with van der Waals surface area (Å²) >= 11 is 1.52. The van der Waals surface area contributed by atoms with Crippen LogP contribution in [-0.2, 0) is 13.1 Å². The summed E-state index contributed by atoms with van der Waals surface area (Å²) in [5, 5.41) is 5.14. The molecule has 1 amide bonds. The van der Waals surface area contributed by atoms with E-state index in [1.807, 2.05) is 6.07 Å². The van der Waals surface area contributed by atoms with E-state index in [2.05, 4.69) is 46.9 Å². The maximum atomic E-state index is 11.1. The Morgan fingerprint density at radius 1 is 1.41 bits per heavy atom. The molecule has 3 rings (SSSR count). The first-order valence-corrected chi connectivity index (χ1v) is 8.04. The van der Waals surface area contributed by atoms with Crippen molar-refractivity contribution in [3.63, 3.8) is 0 Å². The van der Waals surface area contributed by atoms with Crippen LogP contribution in [0.3, 0.4) is 0 Å². The Labute approximate surface area is 132 Å². The van der Waals surface area contributed by atoms with Crippen molar-refractivity contribution in [2.45, 2.75) is 26.9 Å². The van der Waals surface area contributed by atoms with E-state index >= 15 is 0 Å². The maximum absolute atomic E-state index is 11.1. The monoisotopic (exact) mass is 314 g/mol. The number of benzene rings is 1. The molecule has 3 aromatic rings. The van der Waals surface area contributed by atoms with E-state index in [9.17, 15) is 4.79 Å². The molecular formula is C16H18N4OS. The third-order valence-corrected chi connectivity index (χ3v) is 4.52. The van der Waals surface area contributed by atoms with Gasteiger partial charge in [-0.2, -0.15) is 0 Å². The Kier molecular flexibility index (Phi) is 3.85. The van der Waals surface area contributed by atoms with Crippen LogP contribution in [0.15, 0.2) is 29.6 Å². The van der Waals surface area contributed by atoms with Crippen LogP contribution in [0.25, 0.3) is 11.0 Å². The van der Waals surface area contributed by atoms with Crippen molar-refractivity contribution >= 4 is 34.2 Å². The summed E-state index contributed by atoms with van der Waals surface area (Å²) < 4.78 is 2.15. The fourth-order valence-electron chi connectivity index (χ4n) is 2.46. The Balaban J connectivity index is 1.85. The lowest BCUT2D eigenvalue weighted by Gasteiger charge is -2.07. The zero-order valence-electron chi connectivity index (χ0n) is 12.6. The smallest absolute Gasteiger partial charge is 0.249 e. The lowest BCUT2D eigenvalue weighted by atomic mass is 10.2. The number of primary amides is 1. The molecule has 0 bridgehead atoms. The molecule has 0 fully saturated rings. The van der Waals surface area contributed by atoms with E-state index in [0.717, 1.165) is 28.4 Å². The summed E-state index contributed by atoms with van der Waals surface area (Å²) in [5.74, 6) is 0.455. The number of carbonyl (C=O) groups excluding carboxylic acids is 1. The molecule has 2 aromatic heterocycles. The molecule has 3 N–H and O–H groups in total. The van der Waals surface area contributed by atoms with Crippen LogP contribution in [0.2, 0.25) is 0 Å². The van der Waals surface area contributed by atoms with Gasteiger partial charge >= 0.3 is 0 Å². The van der Waals surface area contributed by atoms with Gasteiger partial charge in [0.15, 0.2) is 0 Å². The molecule has 1 aromatic carbocycles. The minimum atomic E-state index is -0.390. The van der Waals surface area contributed by atoms with Crippen LogP contribution in [0.5, 0.6) is 0 Å². The van der Waals surface area contributed by atoms with Gasteiger partial charge in [-0.1, -0.05) is 6.07 Å². The zero-order chi connectivity index (χ0) is 15.7. The summed E-state index contributed by atoms with van der Waals surface area (Å²) in [6.45, 7) is 5.64. The molecule has 0 unspecified atom stereocenters. The second-order valence-corrected chi connectivity index (χ2v) is 6.19. The van der Waals surface area contributed by atoms with Crippen LogP contribution in [-0.4, -0.2) is 15.5 Å². The zero-order valence-corrected chi connectivity index (χ0v) is 13.4. The van der Waals surface area contributed by atoms with Crippen molar-refractivity contribution in [1.29, 1.82) is 0 Å². The minimum absolute atomic E-state index is 0.390. The van der Waals surface area contributed by atoms with Gasteiger partial charge in [0, 0.05) is 16.8 Å². The molecular weight excluding hydrogens is 296 g/mol. The van der Waals surface area contributed by atoms with Crippen LogP contribution >= 0.6 is 11.3 Å². The number of nitrogens with two attached hydrogens (primary N) is 1. The summed E-state index contributed by atoms with van der Waals surface area (Å²) in [7, 11) is 0. The minimum Gasteiger partial charge on any atom is -0.366 e. The number of rotatable bonds is 5. The molecule has 0 saturated carbocycles. The van der Waals surface area contributed by atoms with Gasteiger partial charge < -0.3 is 15.6 Å². The quantitative estimate of drug-likeness (QED) is 0.760. The van der Waals surface area contributed by atoms with Crippen LogP contribution < -0.4 is 11.1 Å². The van der Waals surface area contributed by atoms with Gasteiger partial charge in [-0.3, -0.25) is 4.79 Å². The van der Waals surface area contributed by atoms with Gasteiger partial charge in [-0.25, -0.2) is 4.98 Å². The summed E-state index contributed by atoms with van der Waals surface area (Å²) in [5.41, 5.74) is 9.15. The predicted molar refractivity (Wildman–Crippen MR) is 90.3 cm³/mol. The van der Waals surface area contributed by atoms with Gasteiger partial charge in [0.05, 0.1) is 23.1 Å². The van der Waals surface area contributed by atoms with Crippen LogP contribution in [0.4, 0.5) is 5.95 Å². The number of fused-ring (bicyclic) bond motifs is 1. The first-order chi connectivity index (χ1) is 10.6. The van der Waals surface area contributed by atoms with Crippen molar-refractivity contribution in [2.24, 2.45) is 5.73 Å². The molecule has 0 atom stereocenters. The first-order valence-electron chi connectivity index (χ1n) is 7.16. The molecule has 6 heteroatoms. The highest BCUT2D eigenvalue weighted by Crippen LogP contribution is 2.22. The summed E-state index contributed by atoms with van der Waals surface area (Å²) in [6, 6.07) is 8.10. The highest BCUT2D eigenvalue weighted by Gasteiger charge is 2.10. The Morgan fingerprint density at radius 3 is 2.91 bits per heavy atom. The molecule has 5 nitrogen and oxygen atoms in total. The first kappa shape index (κ1) is 14.6. The van der Waals surface area contributed by atoms with Crippen molar-refractivity contribution in [2.75, 3.05) is 5.32 Å². The summed E-state index contributed by atoms with van der Waals surface area (Å²) in [6.07, 6.45) is 0. The number of imidazole rings is 1. The van der Waals surface area contributed by atoms with Gasteiger partial charge in [-0.15, -0.1) is 11.3 Å². The third-order valence-electron chi connectivity index (χ3n) is 3.58. The van der Waals surface area contributed by atoms with Crippen LogP contribution in [0.1, 0.15) is 27.7 Å². The fourth-order valence-corrected chi connectivity index (χ4v) is 3.28. The molecule has 0 radical (unpaired) electrons. The molecule has 0 aliphatic carbocycles. The SMILES string of the molecule is CCn1c(NCc2cc(C(N)=O)cs2)nc2cc(C)ccc21. The second-order valence-electron chi connectivity index (χ2n) is 5.19. The number of aryl methyl sites for hydroxylation is 2. The van der Waals surface area contributed by atoms with Gasteiger partial charge in [0.1, 0.15) is 0 Å². The summed E-state index contributed by atoms with van der Waals surface area (Å²) in [4.78, 5) is 16.9. The molecule has 0 aliphatic heterocycles. The molecule has 0 aliphatic rings. The number of hydrogen-bond donors (Lipinski definition) is 2. The Bertz CT molecular complexity index is 834. The van der Waals surface area contributed by atoms with Gasteiger partial charge in [0.25, 0.3) is 0 Å². The number of amides is 1. The lowest BCUT2D eigenvalue weighted by Crippen LogP contribution is -2.09. The van der Waals surface area contributed by atoms with E-state index in [1.54, 1.807) is 5.38 Å². The number of anilines is 1. The highest BCUT2D eigenvalue weighted by molar-refractivity contribution is 7.10. The molecule has 2 heterocycles. The number of aromatic nitrogens is 2. The predicted octanol–water partition coefficient (Wildman–Crippen LogP) is 3.14. The van der Waals surface area contributed by atoms with Crippen molar-refractivity contribution in [3.05, 3.63) is 45.6 Å². The number of nitrogens with zero attached hydrogens (tertiary/aromatic N) is 2. The van der Waals surface area contributed by atoms with E-state index in [0.29, 0.717) is 12.1 Å². The standard InChI is InChI=1S/C16H18N4OS/c1-3-20-14-5-4-10(2)6-13(14)19-16(20)18-8-12-7-11(9-22-12)15(17)21/h4-7,9H,3,8H2,1-2H3,(H2,17,21)(H,18,19). The molecule has 0 saturated heterocycles. The van der Waals surface area contributed by atoms with Crippen molar-refractivity contribution in [1.82, 2.24) is 9.55 Å². The van der Waals surface area contributed by atoms with E-state index < -0.39 is 5.91 Å². The normalized spacial score (nSPS) is 11.0. The van der Waals surface area contributed by atoms with Crippen molar-refractivity contribution < 1.29 is 4.79 Å². The Hall–Kier alpha value is -2.34. The number of hydrogen-bond acceptors (Lipinski definition) is 4. The van der Waals surface area contributed by atoms with Gasteiger partial charge in [0.2, 0.25) is 11.9 Å². The average molecular weight is 314 g/mol. The lowest BCUT2D eigenvalue weighted by molar-refractivity contribution is 0.100. The highest BCUT2D eigenvalue weighted by atomic mass is 32.1.